The second kappa shape index (κ2) is 5.13. The SMILES string of the molecule is CCc1sc(C(C)(C)c2ccccc2)nc1C(=O)O. The van der Waals surface area contributed by atoms with Gasteiger partial charge in [0.15, 0.2) is 5.69 Å². The van der Waals surface area contributed by atoms with Gasteiger partial charge in [-0.25, -0.2) is 9.78 Å². The lowest BCUT2D eigenvalue weighted by molar-refractivity contribution is 0.0690. The number of hydrogen-bond donors (Lipinski definition) is 1. The van der Waals surface area contributed by atoms with Gasteiger partial charge in [-0.1, -0.05) is 37.3 Å². The van der Waals surface area contributed by atoms with Gasteiger partial charge in [-0.05, 0) is 25.8 Å². The standard InChI is InChI=1S/C15H17NO2S/c1-4-11-12(13(17)18)16-14(19-11)15(2,3)10-8-6-5-7-9-10/h5-9H,4H2,1-3H3,(H,17,18). The summed E-state index contributed by atoms with van der Waals surface area (Å²) in [6, 6.07) is 10.1. The van der Waals surface area contributed by atoms with E-state index in [1.54, 1.807) is 0 Å². The van der Waals surface area contributed by atoms with Gasteiger partial charge in [0.25, 0.3) is 0 Å². The third kappa shape index (κ3) is 2.54. The molecule has 2 rings (SSSR count). The van der Waals surface area contributed by atoms with Crippen molar-refractivity contribution in [1.29, 1.82) is 0 Å². The first-order valence-corrected chi connectivity index (χ1v) is 7.07. The molecule has 0 aliphatic carbocycles. The van der Waals surface area contributed by atoms with Gasteiger partial charge in [0, 0.05) is 10.3 Å². The van der Waals surface area contributed by atoms with Crippen LogP contribution in [0.1, 0.15) is 46.7 Å². The predicted molar refractivity (Wildman–Crippen MR) is 77.0 cm³/mol. The summed E-state index contributed by atoms with van der Waals surface area (Å²) >= 11 is 1.50. The lowest BCUT2D eigenvalue weighted by Crippen LogP contribution is -2.18. The minimum atomic E-state index is -0.941. The summed E-state index contributed by atoms with van der Waals surface area (Å²) in [6.45, 7) is 6.11. The van der Waals surface area contributed by atoms with Gasteiger partial charge in [-0.15, -0.1) is 11.3 Å². The summed E-state index contributed by atoms with van der Waals surface area (Å²) in [5, 5.41) is 10.0. The minimum absolute atomic E-state index is 0.200. The van der Waals surface area contributed by atoms with Crippen LogP contribution in [0.2, 0.25) is 0 Å². The van der Waals surface area contributed by atoms with Gasteiger partial charge in [0.2, 0.25) is 0 Å². The Morgan fingerprint density at radius 3 is 2.42 bits per heavy atom. The largest absolute Gasteiger partial charge is 0.476 e. The molecule has 0 unspecified atom stereocenters. The summed E-state index contributed by atoms with van der Waals surface area (Å²) in [5.41, 5.74) is 1.07. The molecule has 0 saturated heterocycles. The lowest BCUT2D eigenvalue weighted by Gasteiger charge is -2.22. The number of carboxylic acids is 1. The zero-order chi connectivity index (χ0) is 14.0. The van der Waals surface area contributed by atoms with Crippen LogP contribution in [0.3, 0.4) is 0 Å². The van der Waals surface area contributed by atoms with Crippen LogP contribution in [0.4, 0.5) is 0 Å². The summed E-state index contributed by atoms with van der Waals surface area (Å²) in [4.78, 5) is 16.4. The van der Waals surface area contributed by atoms with Crippen LogP contribution in [0.5, 0.6) is 0 Å². The van der Waals surface area contributed by atoms with E-state index in [9.17, 15) is 9.90 Å². The van der Waals surface area contributed by atoms with Crippen molar-refractivity contribution in [3.8, 4) is 0 Å². The normalized spacial score (nSPS) is 11.5. The number of aromatic carboxylic acids is 1. The first-order chi connectivity index (χ1) is 8.96. The van der Waals surface area contributed by atoms with Crippen LogP contribution >= 0.6 is 11.3 Å². The fourth-order valence-electron chi connectivity index (χ4n) is 2.00. The first kappa shape index (κ1) is 13.7. The molecule has 0 radical (unpaired) electrons. The predicted octanol–water partition coefficient (Wildman–Crippen LogP) is 3.73. The Morgan fingerprint density at radius 2 is 1.95 bits per heavy atom. The molecular formula is C15H17NO2S. The maximum atomic E-state index is 11.2. The summed E-state index contributed by atoms with van der Waals surface area (Å²) in [6.07, 6.45) is 0.699. The van der Waals surface area contributed by atoms with Gasteiger partial charge in [0.05, 0.1) is 0 Å². The van der Waals surface area contributed by atoms with E-state index in [0.717, 1.165) is 15.4 Å². The number of benzene rings is 1. The summed E-state index contributed by atoms with van der Waals surface area (Å²) in [5.74, 6) is -0.941. The molecule has 4 heteroatoms. The molecule has 0 amide bonds. The maximum absolute atomic E-state index is 11.2. The van der Waals surface area contributed by atoms with Crippen molar-refractivity contribution in [2.75, 3.05) is 0 Å². The van der Waals surface area contributed by atoms with Crippen molar-refractivity contribution in [2.45, 2.75) is 32.6 Å². The maximum Gasteiger partial charge on any atom is 0.355 e. The second-order valence-electron chi connectivity index (χ2n) is 4.94. The smallest absolute Gasteiger partial charge is 0.355 e. The van der Waals surface area contributed by atoms with Crippen molar-refractivity contribution in [2.24, 2.45) is 0 Å². The average Bonchev–Trinajstić information content (AvgIpc) is 2.84. The molecule has 0 atom stereocenters. The van der Waals surface area contributed by atoms with Gasteiger partial charge in [-0.3, -0.25) is 0 Å². The topological polar surface area (TPSA) is 50.2 Å². The third-order valence-electron chi connectivity index (χ3n) is 3.25. The molecule has 1 aromatic heterocycles. The van der Waals surface area contributed by atoms with Crippen LogP contribution in [0.25, 0.3) is 0 Å². The van der Waals surface area contributed by atoms with Crippen molar-refractivity contribution in [3.05, 3.63) is 51.5 Å². The number of carbonyl (C=O) groups is 1. The molecule has 0 saturated carbocycles. The van der Waals surface area contributed by atoms with E-state index in [-0.39, 0.29) is 11.1 Å². The Morgan fingerprint density at radius 1 is 1.32 bits per heavy atom. The number of hydrogen-bond acceptors (Lipinski definition) is 3. The Bertz CT molecular complexity index is 587. The highest BCUT2D eigenvalue weighted by atomic mass is 32.1. The summed E-state index contributed by atoms with van der Waals surface area (Å²) in [7, 11) is 0. The molecule has 0 bridgehead atoms. The fraction of sp³-hybridized carbons (Fsp3) is 0.333. The highest BCUT2D eigenvalue weighted by Gasteiger charge is 2.29. The minimum Gasteiger partial charge on any atom is -0.476 e. The van der Waals surface area contributed by atoms with E-state index in [1.807, 2.05) is 37.3 Å². The van der Waals surface area contributed by atoms with E-state index in [0.29, 0.717) is 6.42 Å². The molecule has 0 aliphatic rings. The number of carboxylic acid groups (broad SMARTS) is 1. The molecule has 0 fully saturated rings. The molecule has 1 heterocycles. The lowest BCUT2D eigenvalue weighted by atomic mass is 9.85. The zero-order valence-electron chi connectivity index (χ0n) is 11.3. The van der Waals surface area contributed by atoms with Crippen LogP contribution in [-0.2, 0) is 11.8 Å². The van der Waals surface area contributed by atoms with Crippen LogP contribution in [-0.4, -0.2) is 16.1 Å². The molecular weight excluding hydrogens is 258 g/mol. The number of aryl methyl sites for hydroxylation is 1. The molecule has 19 heavy (non-hydrogen) atoms. The second-order valence-corrected chi connectivity index (χ2v) is 6.02. The fourth-order valence-corrected chi connectivity index (χ4v) is 3.12. The number of aromatic nitrogens is 1. The monoisotopic (exact) mass is 275 g/mol. The molecule has 0 aliphatic heterocycles. The highest BCUT2D eigenvalue weighted by molar-refractivity contribution is 7.12. The van der Waals surface area contributed by atoms with E-state index in [1.165, 1.54) is 11.3 Å². The van der Waals surface area contributed by atoms with Crippen LogP contribution in [0, 0.1) is 0 Å². The molecule has 1 aromatic carbocycles. The molecule has 1 N–H and O–H groups in total. The Hall–Kier alpha value is -1.68. The van der Waals surface area contributed by atoms with Crippen molar-refractivity contribution in [1.82, 2.24) is 4.98 Å². The van der Waals surface area contributed by atoms with Crippen molar-refractivity contribution in [3.63, 3.8) is 0 Å². The van der Waals surface area contributed by atoms with Crippen LogP contribution in [0.15, 0.2) is 30.3 Å². The van der Waals surface area contributed by atoms with Gasteiger partial charge >= 0.3 is 5.97 Å². The molecule has 0 spiro atoms. The van der Waals surface area contributed by atoms with E-state index >= 15 is 0 Å². The number of thiazole rings is 1. The van der Waals surface area contributed by atoms with Crippen LogP contribution < -0.4 is 0 Å². The highest BCUT2D eigenvalue weighted by Crippen LogP contribution is 2.35. The van der Waals surface area contributed by atoms with Crippen molar-refractivity contribution < 1.29 is 9.90 Å². The molecule has 100 valence electrons. The van der Waals surface area contributed by atoms with E-state index in [4.69, 9.17) is 0 Å². The Labute approximate surface area is 116 Å². The van der Waals surface area contributed by atoms with E-state index < -0.39 is 5.97 Å². The number of rotatable bonds is 4. The third-order valence-corrected chi connectivity index (χ3v) is 4.77. The van der Waals surface area contributed by atoms with Crippen molar-refractivity contribution >= 4 is 17.3 Å². The van der Waals surface area contributed by atoms with Gasteiger partial charge < -0.3 is 5.11 Å². The van der Waals surface area contributed by atoms with Gasteiger partial charge in [-0.2, -0.15) is 0 Å². The van der Waals surface area contributed by atoms with E-state index in [2.05, 4.69) is 18.8 Å². The first-order valence-electron chi connectivity index (χ1n) is 6.25. The Balaban J connectivity index is 2.49. The van der Waals surface area contributed by atoms with Gasteiger partial charge in [0.1, 0.15) is 5.01 Å². The quantitative estimate of drug-likeness (QED) is 0.925. The molecule has 3 nitrogen and oxygen atoms in total. The average molecular weight is 275 g/mol. The zero-order valence-corrected chi connectivity index (χ0v) is 12.1. The number of nitrogens with zero attached hydrogens (tertiary/aromatic N) is 1. The Kier molecular flexibility index (Phi) is 3.71. The summed E-state index contributed by atoms with van der Waals surface area (Å²) < 4.78 is 0. The molecule has 2 aromatic rings.